The van der Waals surface area contributed by atoms with Crippen LogP contribution in [-0.4, -0.2) is 6.04 Å². The van der Waals surface area contributed by atoms with Crippen LogP contribution in [0.5, 0.6) is 0 Å². The van der Waals surface area contributed by atoms with Crippen LogP contribution in [0.4, 0.5) is 0 Å². The molecule has 2 saturated carbocycles. The predicted molar refractivity (Wildman–Crippen MR) is 79.5 cm³/mol. The molecule has 2 fully saturated rings. The maximum atomic E-state index is 6.66. The van der Waals surface area contributed by atoms with E-state index in [-0.39, 0.29) is 0 Å². The lowest BCUT2D eigenvalue weighted by atomic mass is 9.69. The van der Waals surface area contributed by atoms with E-state index in [2.05, 4.69) is 13.8 Å². The van der Waals surface area contributed by atoms with E-state index in [9.17, 15) is 0 Å². The first-order valence-corrected chi connectivity index (χ1v) is 8.50. The maximum absolute atomic E-state index is 6.66. The van der Waals surface area contributed by atoms with Crippen molar-refractivity contribution in [3.05, 3.63) is 0 Å². The highest BCUT2D eigenvalue weighted by molar-refractivity contribution is 4.87. The topological polar surface area (TPSA) is 26.0 Å². The Morgan fingerprint density at radius 3 is 1.67 bits per heavy atom. The Balaban J connectivity index is 1.87. The first-order chi connectivity index (χ1) is 8.74. The SMILES string of the molecule is CCC1CCCC(C(N)C2CCCC(CC)C2)C1. The average Bonchev–Trinajstić information content (AvgIpc) is 2.46. The molecule has 1 heteroatoms. The molecule has 2 aliphatic rings. The fourth-order valence-corrected chi connectivity index (χ4v) is 4.49. The van der Waals surface area contributed by atoms with Crippen LogP contribution in [0.2, 0.25) is 0 Å². The van der Waals surface area contributed by atoms with Gasteiger partial charge in [0, 0.05) is 6.04 Å². The molecule has 4 atom stereocenters. The number of nitrogens with two attached hydrogens (primary N) is 1. The molecule has 0 spiro atoms. The Labute approximate surface area is 114 Å². The molecule has 0 aromatic carbocycles. The molecule has 0 radical (unpaired) electrons. The predicted octanol–water partition coefficient (Wildman–Crippen LogP) is 4.75. The number of hydrogen-bond donors (Lipinski definition) is 1. The Morgan fingerprint density at radius 1 is 0.833 bits per heavy atom. The minimum absolute atomic E-state index is 0.508. The van der Waals surface area contributed by atoms with Gasteiger partial charge in [-0.2, -0.15) is 0 Å². The van der Waals surface area contributed by atoms with Gasteiger partial charge in [0.25, 0.3) is 0 Å². The highest BCUT2D eigenvalue weighted by Crippen LogP contribution is 2.39. The van der Waals surface area contributed by atoms with Crippen LogP contribution in [0.25, 0.3) is 0 Å². The van der Waals surface area contributed by atoms with Crippen molar-refractivity contribution in [2.45, 2.75) is 84.1 Å². The summed E-state index contributed by atoms with van der Waals surface area (Å²) >= 11 is 0. The fourth-order valence-electron chi connectivity index (χ4n) is 4.49. The van der Waals surface area contributed by atoms with Gasteiger partial charge in [-0.25, -0.2) is 0 Å². The van der Waals surface area contributed by atoms with Crippen molar-refractivity contribution in [2.24, 2.45) is 29.4 Å². The molecule has 0 heterocycles. The van der Waals surface area contributed by atoms with E-state index in [1.807, 2.05) is 0 Å². The Kier molecular flexibility index (Phi) is 5.54. The van der Waals surface area contributed by atoms with Crippen LogP contribution in [0.1, 0.15) is 78.1 Å². The molecule has 0 aromatic heterocycles. The van der Waals surface area contributed by atoms with Crippen molar-refractivity contribution >= 4 is 0 Å². The number of rotatable bonds is 4. The van der Waals surface area contributed by atoms with Gasteiger partial charge in [-0.15, -0.1) is 0 Å². The van der Waals surface area contributed by atoms with E-state index in [0.717, 1.165) is 23.7 Å². The van der Waals surface area contributed by atoms with E-state index >= 15 is 0 Å². The summed E-state index contributed by atoms with van der Waals surface area (Å²) < 4.78 is 0. The second kappa shape index (κ2) is 6.93. The molecule has 4 unspecified atom stereocenters. The van der Waals surface area contributed by atoms with Gasteiger partial charge in [-0.3, -0.25) is 0 Å². The standard InChI is InChI=1S/C17H33N/c1-3-13-7-5-9-15(11-13)17(18)16-10-6-8-14(4-2)12-16/h13-17H,3-12,18H2,1-2H3. The van der Waals surface area contributed by atoms with Crippen LogP contribution < -0.4 is 5.73 Å². The van der Waals surface area contributed by atoms with Crippen LogP contribution in [-0.2, 0) is 0 Å². The molecule has 2 rings (SSSR count). The average molecular weight is 251 g/mol. The molecule has 0 amide bonds. The summed E-state index contributed by atoms with van der Waals surface area (Å²) in [5, 5.41) is 0. The van der Waals surface area contributed by atoms with Crippen molar-refractivity contribution in [1.82, 2.24) is 0 Å². The summed E-state index contributed by atoms with van der Waals surface area (Å²) in [7, 11) is 0. The molecule has 1 nitrogen and oxygen atoms in total. The third kappa shape index (κ3) is 3.50. The van der Waals surface area contributed by atoms with E-state index in [1.54, 1.807) is 0 Å². The minimum atomic E-state index is 0.508. The maximum Gasteiger partial charge on any atom is 0.00958 e. The van der Waals surface area contributed by atoms with Gasteiger partial charge in [-0.05, 0) is 49.4 Å². The van der Waals surface area contributed by atoms with Gasteiger partial charge in [0.05, 0.1) is 0 Å². The second-order valence-electron chi connectivity index (χ2n) is 6.98. The molecule has 18 heavy (non-hydrogen) atoms. The Bertz CT molecular complexity index is 214. The highest BCUT2D eigenvalue weighted by atomic mass is 14.7. The van der Waals surface area contributed by atoms with E-state index in [4.69, 9.17) is 5.73 Å². The van der Waals surface area contributed by atoms with Crippen molar-refractivity contribution in [3.8, 4) is 0 Å². The van der Waals surface area contributed by atoms with Gasteiger partial charge >= 0.3 is 0 Å². The fraction of sp³-hybridized carbons (Fsp3) is 1.00. The van der Waals surface area contributed by atoms with Crippen LogP contribution >= 0.6 is 0 Å². The quantitative estimate of drug-likeness (QED) is 0.767. The summed E-state index contributed by atoms with van der Waals surface area (Å²) in [6.07, 6.45) is 14.2. The lowest BCUT2D eigenvalue weighted by Gasteiger charge is -2.39. The molecule has 0 bridgehead atoms. The van der Waals surface area contributed by atoms with Gasteiger partial charge in [0.15, 0.2) is 0 Å². The lowest BCUT2D eigenvalue weighted by molar-refractivity contribution is 0.148. The van der Waals surface area contributed by atoms with E-state index < -0.39 is 0 Å². The second-order valence-corrected chi connectivity index (χ2v) is 6.98. The molecular weight excluding hydrogens is 218 g/mol. The summed E-state index contributed by atoms with van der Waals surface area (Å²) in [5.74, 6) is 3.62. The molecular formula is C17H33N. The number of hydrogen-bond acceptors (Lipinski definition) is 1. The molecule has 0 aliphatic heterocycles. The van der Waals surface area contributed by atoms with Crippen LogP contribution in [0, 0.1) is 23.7 Å². The molecule has 106 valence electrons. The normalized spacial score (nSPS) is 39.5. The third-order valence-corrected chi connectivity index (χ3v) is 5.89. The summed E-state index contributed by atoms with van der Waals surface area (Å²) in [6, 6.07) is 0.508. The van der Waals surface area contributed by atoms with E-state index in [1.165, 1.54) is 64.2 Å². The highest BCUT2D eigenvalue weighted by Gasteiger charge is 2.32. The Morgan fingerprint density at radius 2 is 1.28 bits per heavy atom. The summed E-state index contributed by atoms with van der Waals surface area (Å²) in [6.45, 7) is 4.71. The van der Waals surface area contributed by atoms with Gasteiger partial charge in [0.1, 0.15) is 0 Å². The van der Waals surface area contributed by atoms with Crippen LogP contribution in [0.3, 0.4) is 0 Å². The zero-order valence-corrected chi connectivity index (χ0v) is 12.5. The summed E-state index contributed by atoms with van der Waals surface area (Å²) in [5.41, 5.74) is 6.66. The smallest absolute Gasteiger partial charge is 0.00958 e. The molecule has 2 aliphatic carbocycles. The third-order valence-electron chi connectivity index (χ3n) is 5.89. The van der Waals surface area contributed by atoms with Crippen molar-refractivity contribution in [2.75, 3.05) is 0 Å². The largest absolute Gasteiger partial charge is 0.327 e. The van der Waals surface area contributed by atoms with Crippen molar-refractivity contribution in [3.63, 3.8) is 0 Å². The molecule has 0 aromatic rings. The monoisotopic (exact) mass is 251 g/mol. The minimum Gasteiger partial charge on any atom is -0.327 e. The first-order valence-electron chi connectivity index (χ1n) is 8.50. The Hall–Kier alpha value is -0.0400. The molecule has 0 saturated heterocycles. The summed E-state index contributed by atoms with van der Waals surface area (Å²) in [4.78, 5) is 0. The zero-order chi connectivity index (χ0) is 13.0. The van der Waals surface area contributed by atoms with Gasteiger partial charge < -0.3 is 5.73 Å². The molecule has 2 N–H and O–H groups in total. The van der Waals surface area contributed by atoms with Crippen molar-refractivity contribution < 1.29 is 0 Å². The first kappa shape index (κ1) is 14.4. The van der Waals surface area contributed by atoms with Gasteiger partial charge in [-0.1, -0.05) is 52.4 Å². The van der Waals surface area contributed by atoms with E-state index in [0.29, 0.717) is 6.04 Å². The van der Waals surface area contributed by atoms with Crippen LogP contribution in [0.15, 0.2) is 0 Å². The van der Waals surface area contributed by atoms with Crippen molar-refractivity contribution in [1.29, 1.82) is 0 Å². The zero-order valence-electron chi connectivity index (χ0n) is 12.5. The lowest BCUT2D eigenvalue weighted by Crippen LogP contribution is -2.41. The van der Waals surface area contributed by atoms with Gasteiger partial charge in [0.2, 0.25) is 0 Å².